The zero-order valence-corrected chi connectivity index (χ0v) is 14.4. The predicted molar refractivity (Wildman–Crippen MR) is 92.4 cm³/mol. The van der Waals surface area contributed by atoms with Gasteiger partial charge >= 0.3 is 6.18 Å². The van der Waals surface area contributed by atoms with Gasteiger partial charge in [-0.05, 0) is 29.3 Å². The molecule has 0 aliphatic heterocycles. The van der Waals surface area contributed by atoms with Crippen LogP contribution in [0, 0.1) is 11.3 Å². The van der Waals surface area contributed by atoms with Crippen LogP contribution in [0.25, 0.3) is 0 Å². The molecule has 0 aliphatic carbocycles. The number of alkyl halides is 3. The third-order valence-electron chi connectivity index (χ3n) is 4.02. The number of carbonyl (C=O) groups is 2. The van der Waals surface area contributed by atoms with E-state index in [-0.39, 0.29) is 12.0 Å². The summed E-state index contributed by atoms with van der Waals surface area (Å²) in [6, 6.07) is 10.6. The Morgan fingerprint density at radius 1 is 1.14 bits per heavy atom. The molecule has 0 saturated heterocycles. The van der Waals surface area contributed by atoms with Crippen molar-refractivity contribution in [3.05, 3.63) is 70.8 Å². The molecule has 146 valence electrons. The van der Waals surface area contributed by atoms with Crippen molar-refractivity contribution in [1.82, 2.24) is 5.32 Å². The van der Waals surface area contributed by atoms with Crippen molar-refractivity contribution in [2.45, 2.75) is 24.7 Å². The normalized spacial score (nSPS) is 13.2. The van der Waals surface area contributed by atoms with Crippen molar-refractivity contribution in [3.8, 4) is 6.07 Å². The number of aliphatic hydroxyl groups excluding tert-OH is 1. The summed E-state index contributed by atoms with van der Waals surface area (Å²) in [6.45, 7) is 0. The van der Waals surface area contributed by atoms with Crippen LogP contribution in [0.5, 0.6) is 0 Å². The van der Waals surface area contributed by atoms with Gasteiger partial charge in [-0.25, -0.2) is 0 Å². The van der Waals surface area contributed by atoms with E-state index in [0.29, 0.717) is 11.1 Å². The smallest absolute Gasteiger partial charge is 0.378 e. The Bertz CT molecular complexity index is 905. The highest BCUT2D eigenvalue weighted by atomic mass is 19.4. The lowest BCUT2D eigenvalue weighted by Gasteiger charge is -2.19. The molecular formula is C19H16F3N3O3. The first-order chi connectivity index (χ1) is 13.1. The highest BCUT2D eigenvalue weighted by Crippen LogP contribution is 2.30. The molecular weight excluding hydrogens is 375 g/mol. The van der Waals surface area contributed by atoms with Gasteiger partial charge in [0.2, 0.25) is 5.91 Å². The summed E-state index contributed by atoms with van der Waals surface area (Å²) in [6.07, 6.45) is -6.42. The predicted octanol–water partition coefficient (Wildman–Crippen LogP) is 1.82. The first-order valence-electron chi connectivity index (χ1n) is 8.06. The number of nitrogens with two attached hydrogens (primary N) is 1. The summed E-state index contributed by atoms with van der Waals surface area (Å²) in [5, 5.41) is 21.4. The second kappa shape index (κ2) is 8.54. The lowest BCUT2D eigenvalue weighted by Crippen LogP contribution is -2.47. The summed E-state index contributed by atoms with van der Waals surface area (Å²) in [4.78, 5) is 23.9. The first kappa shape index (κ1) is 20.9. The minimum atomic E-state index is -4.54. The summed E-state index contributed by atoms with van der Waals surface area (Å²) < 4.78 is 37.8. The van der Waals surface area contributed by atoms with Crippen molar-refractivity contribution in [2.75, 3.05) is 0 Å². The minimum Gasteiger partial charge on any atom is -0.378 e. The quantitative estimate of drug-likeness (QED) is 0.696. The van der Waals surface area contributed by atoms with Crippen LogP contribution in [0.2, 0.25) is 0 Å². The number of primary amides is 1. The molecule has 0 unspecified atom stereocenters. The number of halogens is 3. The van der Waals surface area contributed by atoms with Crippen LogP contribution in [-0.4, -0.2) is 23.0 Å². The van der Waals surface area contributed by atoms with Gasteiger partial charge in [0.15, 0.2) is 6.10 Å². The van der Waals surface area contributed by atoms with Crippen molar-refractivity contribution in [2.24, 2.45) is 5.73 Å². The van der Waals surface area contributed by atoms with Gasteiger partial charge in [-0.3, -0.25) is 9.59 Å². The Balaban J connectivity index is 2.13. The van der Waals surface area contributed by atoms with E-state index in [9.17, 15) is 27.9 Å². The molecule has 2 aromatic carbocycles. The van der Waals surface area contributed by atoms with Crippen LogP contribution in [0.4, 0.5) is 13.2 Å². The number of nitriles is 1. The largest absolute Gasteiger partial charge is 0.416 e. The van der Waals surface area contributed by atoms with Gasteiger partial charge in [-0.15, -0.1) is 0 Å². The molecule has 2 aromatic rings. The van der Waals surface area contributed by atoms with Gasteiger partial charge < -0.3 is 16.2 Å². The van der Waals surface area contributed by atoms with Crippen molar-refractivity contribution < 1.29 is 27.9 Å². The zero-order chi connectivity index (χ0) is 20.9. The van der Waals surface area contributed by atoms with E-state index in [2.05, 4.69) is 5.32 Å². The fraction of sp³-hybridized carbons (Fsp3) is 0.211. The lowest BCUT2D eigenvalue weighted by atomic mass is 10.00. The number of hydrogen-bond donors (Lipinski definition) is 3. The molecule has 0 aromatic heterocycles. The van der Waals surface area contributed by atoms with Crippen LogP contribution in [0.1, 0.15) is 28.4 Å². The maximum Gasteiger partial charge on any atom is 0.416 e. The summed E-state index contributed by atoms with van der Waals surface area (Å²) in [7, 11) is 0. The first-order valence-corrected chi connectivity index (χ1v) is 8.06. The fourth-order valence-corrected chi connectivity index (χ4v) is 2.51. The van der Waals surface area contributed by atoms with Crippen LogP contribution in [0.3, 0.4) is 0 Å². The summed E-state index contributed by atoms with van der Waals surface area (Å²) >= 11 is 0. The van der Waals surface area contributed by atoms with E-state index in [0.717, 1.165) is 24.3 Å². The summed E-state index contributed by atoms with van der Waals surface area (Å²) in [5.74, 6) is -1.89. The number of rotatable bonds is 6. The molecule has 0 heterocycles. The number of aliphatic hydroxyl groups is 1. The Hall–Kier alpha value is -3.38. The highest BCUT2D eigenvalue weighted by Gasteiger charge is 2.31. The summed E-state index contributed by atoms with van der Waals surface area (Å²) in [5.41, 5.74) is 5.05. The second-order valence-corrected chi connectivity index (χ2v) is 5.96. The van der Waals surface area contributed by atoms with Crippen LogP contribution < -0.4 is 11.1 Å². The lowest BCUT2D eigenvalue weighted by molar-refractivity contribution is -0.137. The van der Waals surface area contributed by atoms with Gasteiger partial charge in [0.1, 0.15) is 6.04 Å². The number of hydrogen-bond acceptors (Lipinski definition) is 4. The Morgan fingerprint density at radius 3 is 2.29 bits per heavy atom. The zero-order valence-electron chi connectivity index (χ0n) is 14.4. The van der Waals surface area contributed by atoms with Gasteiger partial charge in [-0.2, -0.15) is 18.4 Å². The van der Waals surface area contributed by atoms with E-state index in [1.54, 1.807) is 18.2 Å². The molecule has 2 rings (SSSR count). The van der Waals surface area contributed by atoms with Crippen molar-refractivity contribution in [1.29, 1.82) is 5.26 Å². The molecule has 9 heteroatoms. The third-order valence-corrected chi connectivity index (χ3v) is 4.02. The monoisotopic (exact) mass is 391 g/mol. The third kappa shape index (κ3) is 5.08. The molecule has 0 aliphatic rings. The van der Waals surface area contributed by atoms with Crippen molar-refractivity contribution >= 4 is 11.8 Å². The van der Waals surface area contributed by atoms with Crippen molar-refractivity contribution in [3.63, 3.8) is 0 Å². The van der Waals surface area contributed by atoms with Crippen LogP contribution >= 0.6 is 0 Å². The number of amides is 2. The number of nitrogens with zero attached hydrogens (tertiary/aromatic N) is 1. The molecule has 4 N–H and O–H groups in total. The Morgan fingerprint density at radius 2 is 1.75 bits per heavy atom. The van der Waals surface area contributed by atoms with E-state index in [1.807, 2.05) is 6.07 Å². The molecule has 0 spiro atoms. The van der Waals surface area contributed by atoms with Gasteiger partial charge in [0.25, 0.3) is 5.91 Å². The second-order valence-electron chi connectivity index (χ2n) is 5.96. The fourth-order valence-electron chi connectivity index (χ4n) is 2.51. The number of benzene rings is 2. The minimum absolute atomic E-state index is 0.0776. The number of carbonyl (C=O) groups excluding carboxylic acids is 2. The van der Waals surface area contributed by atoms with E-state index < -0.39 is 35.7 Å². The Kier molecular flexibility index (Phi) is 6.38. The van der Waals surface area contributed by atoms with Gasteiger partial charge in [0, 0.05) is 6.42 Å². The van der Waals surface area contributed by atoms with Crippen LogP contribution in [-0.2, 0) is 22.2 Å². The SMILES string of the molecule is N#Cc1ccccc1C[C@@H](NC(=O)[C@@H](O)c1ccc(C(F)(F)F)cc1)C(N)=O. The topological polar surface area (TPSA) is 116 Å². The molecule has 2 amide bonds. The standard InChI is InChI=1S/C19H16F3N3O3/c20-19(21,22)14-7-5-11(6-8-14)16(26)18(28)25-15(17(24)27)9-12-3-1-2-4-13(12)10-23/h1-8,15-16,26H,9H2,(H2,24,27)(H,25,28)/t15-,16+/m1/s1. The average Bonchev–Trinajstić information content (AvgIpc) is 2.66. The van der Waals surface area contributed by atoms with Crippen LogP contribution in [0.15, 0.2) is 48.5 Å². The van der Waals surface area contributed by atoms with Gasteiger partial charge in [0.05, 0.1) is 17.2 Å². The average molecular weight is 391 g/mol. The van der Waals surface area contributed by atoms with E-state index in [4.69, 9.17) is 11.0 Å². The van der Waals surface area contributed by atoms with Gasteiger partial charge in [-0.1, -0.05) is 30.3 Å². The molecule has 28 heavy (non-hydrogen) atoms. The molecule has 6 nitrogen and oxygen atoms in total. The molecule has 0 fully saturated rings. The van der Waals surface area contributed by atoms with E-state index >= 15 is 0 Å². The molecule has 0 bridgehead atoms. The number of nitrogens with one attached hydrogen (secondary N) is 1. The maximum absolute atomic E-state index is 12.6. The van der Waals surface area contributed by atoms with E-state index in [1.165, 1.54) is 6.07 Å². The highest BCUT2D eigenvalue weighted by molar-refractivity contribution is 5.89. The molecule has 0 radical (unpaired) electrons. The molecule has 2 atom stereocenters. The maximum atomic E-state index is 12.6. The molecule has 0 saturated carbocycles. The Labute approximate surface area is 158 Å².